The third kappa shape index (κ3) is 7.34. The van der Waals surface area contributed by atoms with Crippen molar-refractivity contribution in [3.63, 3.8) is 0 Å². The number of aliphatic carboxylic acids is 1. The number of aryl methyl sites for hydroxylation is 1. The zero-order chi connectivity index (χ0) is 15.8. The first-order chi connectivity index (χ1) is 9.88. The van der Waals surface area contributed by atoms with Crippen molar-refractivity contribution in [3.8, 4) is 0 Å². The number of hydrogen-bond donors (Lipinski definition) is 2. The second-order valence-electron chi connectivity index (χ2n) is 4.99. The van der Waals surface area contributed by atoms with E-state index in [2.05, 4.69) is 5.32 Å². The quantitative estimate of drug-likeness (QED) is 0.763. The van der Waals surface area contributed by atoms with E-state index in [4.69, 9.17) is 28.3 Å². The summed E-state index contributed by atoms with van der Waals surface area (Å²) in [5.41, 5.74) is 0.884. The van der Waals surface area contributed by atoms with Crippen molar-refractivity contribution in [1.82, 2.24) is 5.32 Å². The molecule has 0 radical (unpaired) electrons. The Labute approximate surface area is 134 Å². The predicted molar refractivity (Wildman–Crippen MR) is 83.9 cm³/mol. The van der Waals surface area contributed by atoms with Crippen LogP contribution < -0.4 is 5.32 Å². The Morgan fingerprint density at radius 2 is 2.00 bits per heavy atom. The molecule has 2 N–H and O–H groups in total. The smallest absolute Gasteiger partial charge is 0.303 e. The molecule has 0 bridgehead atoms. The van der Waals surface area contributed by atoms with Gasteiger partial charge in [-0.3, -0.25) is 9.59 Å². The molecule has 116 valence electrons. The maximum absolute atomic E-state index is 11.8. The Balaban J connectivity index is 2.31. The van der Waals surface area contributed by atoms with E-state index in [0.717, 1.165) is 5.56 Å². The maximum atomic E-state index is 11.8. The number of carboxylic acids is 1. The number of benzene rings is 1. The summed E-state index contributed by atoms with van der Waals surface area (Å²) in [4.78, 5) is 22.2. The highest BCUT2D eigenvalue weighted by Gasteiger charge is 2.09. The fourth-order valence-electron chi connectivity index (χ4n) is 1.95. The minimum atomic E-state index is -0.814. The van der Waals surface area contributed by atoms with Gasteiger partial charge in [0.2, 0.25) is 5.91 Å². The van der Waals surface area contributed by atoms with Crippen LogP contribution in [0.2, 0.25) is 10.0 Å². The third-order valence-electron chi connectivity index (χ3n) is 3.07. The molecule has 1 unspecified atom stereocenters. The summed E-state index contributed by atoms with van der Waals surface area (Å²) in [6.07, 6.45) is 2.22. The van der Waals surface area contributed by atoms with E-state index in [9.17, 15) is 9.59 Å². The van der Waals surface area contributed by atoms with E-state index in [-0.39, 0.29) is 18.4 Å². The summed E-state index contributed by atoms with van der Waals surface area (Å²) in [7, 11) is 0. The second kappa shape index (κ2) is 8.90. The molecule has 1 atom stereocenters. The Bertz CT molecular complexity index is 506. The van der Waals surface area contributed by atoms with E-state index >= 15 is 0 Å². The van der Waals surface area contributed by atoms with Crippen molar-refractivity contribution in [2.24, 2.45) is 0 Å². The minimum Gasteiger partial charge on any atom is -0.481 e. The lowest BCUT2D eigenvalue weighted by molar-refractivity contribution is -0.137. The third-order valence-corrected chi connectivity index (χ3v) is 3.66. The number of nitrogens with one attached hydrogen (secondary N) is 1. The minimum absolute atomic E-state index is 0.0301. The number of halogens is 2. The van der Waals surface area contributed by atoms with E-state index in [0.29, 0.717) is 35.7 Å². The van der Waals surface area contributed by atoms with Crippen LogP contribution in [0, 0.1) is 0 Å². The van der Waals surface area contributed by atoms with Gasteiger partial charge in [-0.05, 0) is 43.9 Å². The van der Waals surface area contributed by atoms with E-state index in [1.54, 1.807) is 12.1 Å². The van der Waals surface area contributed by atoms with Gasteiger partial charge in [0.25, 0.3) is 0 Å². The zero-order valence-electron chi connectivity index (χ0n) is 11.9. The molecule has 6 heteroatoms. The SMILES string of the molecule is CC(CCCC(=O)O)NC(=O)CCc1ccc(Cl)cc1Cl. The number of rotatable bonds is 8. The Morgan fingerprint density at radius 1 is 1.29 bits per heavy atom. The van der Waals surface area contributed by atoms with E-state index in [1.807, 2.05) is 13.0 Å². The van der Waals surface area contributed by atoms with Crippen LogP contribution in [0.3, 0.4) is 0 Å². The van der Waals surface area contributed by atoms with Gasteiger partial charge in [-0.25, -0.2) is 0 Å². The van der Waals surface area contributed by atoms with Crippen molar-refractivity contribution >= 4 is 35.1 Å². The number of carbonyl (C=O) groups excluding carboxylic acids is 1. The Hall–Kier alpha value is -1.26. The number of carboxylic acid groups (broad SMARTS) is 1. The normalized spacial score (nSPS) is 12.0. The molecule has 0 saturated carbocycles. The van der Waals surface area contributed by atoms with Crippen LogP contribution in [0.25, 0.3) is 0 Å². The highest BCUT2D eigenvalue weighted by Crippen LogP contribution is 2.22. The van der Waals surface area contributed by atoms with Crippen LogP contribution in [0.15, 0.2) is 18.2 Å². The summed E-state index contributed by atoms with van der Waals surface area (Å²) in [6, 6.07) is 5.19. The van der Waals surface area contributed by atoms with Gasteiger partial charge in [0.1, 0.15) is 0 Å². The first kappa shape index (κ1) is 17.8. The Morgan fingerprint density at radius 3 is 2.62 bits per heavy atom. The lowest BCUT2D eigenvalue weighted by Gasteiger charge is -2.13. The molecule has 21 heavy (non-hydrogen) atoms. The van der Waals surface area contributed by atoms with Crippen LogP contribution >= 0.6 is 23.2 Å². The van der Waals surface area contributed by atoms with Crippen molar-refractivity contribution in [2.75, 3.05) is 0 Å². The lowest BCUT2D eigenvalue weighted by atomic mass is 10.1. The maximum Gasteiger partial charge on any atom is 0.303 e. The van der Waals surface area contributed by atoms with Crippen molar-refractivity contribution in [2.45, 2.75) is 45.1 Å². The fourth-order valence-corrected chi connectivity index (χ4v) is 2.45. The molecule has 1 rings (SSSR count). The first-order valence-electron chi connectivity index (χ1n) is 6.83. The highest BCUT2D eigenvalue weighted by molar-refractivity contribution is 6.35. The Kier molecular flexibility index (Phi) is 7.54. The molecule has 0 spiro atoms. The molecule has 0 aliphatic rings. The van der Waals surface area contributed by atoms with Crippen LogP contribution in [-0.2, 0) is 16.0 Å². The van der Waals surface area contributed by atoms with Crippen molar-refractivity contribution in [3.05, 3.63) is 33.8 Å². The number of amides is 1. The fraction of sp³-hybridized carbons (Fsp3) is 0.467. The van der Waals surface area contributed by atoms with Crippen LogP contribution in [0.4, 0.5) is 0 Å². The monoisotopic (exact) mass is 331 g/mol. The van der Waals surface area contributed by atoms with E-state index < -0.39 is 5.97 Å². The first-order valence-corrected chi connectivity index (χ1v) is 7.59. The van der Waals surface area contributed by atoms with Gasteiger partial charge < -0.3 is 10.4 Å². The molecular weight excluding hydrogens is 313 g/mol. The zero-order valence-corrected chi connectivity index (χ0v) is 13.4. The standard InChI is InChI=1S/C15H19Cl2NO3/c1-10(3-2-4-15(20)21)18-14(19)8-6-11-5-7-12(16)9-13(11)17/h5,7,9-10H,2-4,6,8H2,1H3,(H,18,19)(H,20,21). The van der Waals surface area contributed by atoms with Gasteiger partial charge in [-0.1, -0.05) is 29.3 Å². The summed E-state index contributed by atoms with van der Waals surface area (Å²) < 4.78 is 0. The summed E-state index contributed by atoms with van der Waals surface area (Å²) in [5, 5.41) is 12.5. The molecule has 0 aliphatic carbocycles. The van der Waals surface area contributed by atoms with Gasteiger partial charge >= 0.3 is 5.97 Å². The van der Waals surface area contributed by atoms with Crippen molar-refractivity contribution < 1.29 is 14.7 Å². The van der Waals surface area contributed by atoms with Crippen LogP contribution in [0.5, 0.6) is 0 Å². The molecule has 1 aromatic carbocycles. The largest absolute Gasteiger partial charge is 0.481 e. The van der Waals surface area contributed by atoms with Gasteiger partial charge in [-0.15, -0.1) is 0 Å². The summed E-state index contributed by atoms with van der Waals surface area (Å²) in [6.45, 7) is 1.87. The highest BCUT2D eigenvalue weighted by atomic mass is 35.5. The van der Waals surface area contributed by atoms with Gasteiger partial charge in [0, 0.05) is 28.9 Å². The molecule has 0 aromatic heterocycles. The number of hydrogen-bond acceptors (Lipinski definition) is 2. The number of carbonyl (C=O) groups is 2. The molecule has 4 nitrogen and oxygen atoms in total. The second-order valence-corrected chi connectivity index (χ2v) is 5.83. The van der Waals surface area contributed by atoms with Gasteiger partial charge in [-0.2, -0.15) is 0 Å². The lowest BCUT2D eigenvalue weighted by Crippen LogP contribution is -2.32. The van der Waals surface area contributed by atoms with Gasteiger partial charge in [0.05, 0.1) is 0 Å². The topological polar surface area (TPSA) is 66.4 Å². The molecular formula is C15H19Cl2NO3. The van der Waals surface area contributed by atoms with Crippen LogP contribution in [-0.4, -0.2) is 23.0 Å². The predicted octanol–water partition coefficient (Wildman–Crippen LogP) is 3.69. The average Bonchev–Trinajstić information content (AvgIpc) is 2.37. The van der Waals surface area contributed by atoms with E-state index in [1.165, 1.54) is 0 Å². The summed E-state index contributed by atoms with van der Waals surface area (Å²) in [5.74, 6) is -0.880. The molecule has 0 saturated heterocycles. The summed E-state index contributed by atoms with van der Waals surface area (Å²) >= 11 is 11.9. The van der Waals surface area contributed by atoms with Gasteiger partial charge in [0.15, 0.2) is 0 Å². The molecule has 0 aliphatic heterocycles. The average molecular weight is 332 g/mol. The van der Waals surface area contributed by atoms with Crippen LogP contribution in [0.1, 0.15) is 38.2 Å². The van der Waals surface area contributed by atoms with Crippen molar-refractivity contribution in [1.29, 1.82) is 0 Å². The molecule has 1 amide bonds. The molecule has 0 heterocycles. The molecule has 0 fully saturated rings. The molecule has 1 aromatic rings.